The summed E-state index contributed by atoms with van der Waals surface area (Å²) in [5.74, 6) is -0.886. The highest BCUT2D eigenvalue weighted by atomic mass is 16.7. The Bertz CT molecular complexity index is 1430. The minimum Gasteiger partial charge on any atom is -0.494 e. The van der Waals surface area contributed by atoms with Crippen molar-refractivity contribution < 1.29 is 28.7 Å². The molecule has 1 atom stereocenters. The number of nitrogens with zero attached hydrogens (tertiary/aromatic N) is 1. The second-order valence-electron chi connectivity index (χ2n) is 11.9. The highest BCUT2D eigenvalue weighted by Crippen LogP contribution is 2.22. The van der Waals surface area contributed by atoms with E-state index in [1.165, 1.54) is 26.4 Å². The van der Waals surface area contributed by atoms with Crippen LogP contribution < -0.4 is 15.8 Å². The Morgan fingerprint density at radius 1 is 0.822 bits per heavy atom. The number of unbranched alkanes of at least 4 members (excludes halogenated alkanes) is 4. The molecule has 3 aromatic rings. The number of methoxy groups -OCH3 is 1. The van der Waals surface area contributed by atoms with E-state index >= 15 is 0 Å². The number of oxime groups is 1. The maximum absolute atomic E-state index is 12.9. The Labute approximate surface area is 266 Å². The van der Waals surface area contributed by atoms with Crippen molar-refractivity contribution in [2.75, 3.05) is 13.7 Å². The molecule has 0 aliphatic heterocycles. The lowest BCUT2D eigenvalue weighted by Crippen LogP contribution is -2.43. The van der Waals surface area contributed by atoms with Gasteiger partial charge in [-0.25, -0.2) is 9.59 Å². The maximum Gasteiger partial charge on any atom is 0.365 e. The number of ether oxygens (including phenoxy) is 2. The molecule has 240 valence electrons. The van der Waals surface area contributed by atoms with E-state index < -0.39 is 18.0 Å². The van der Waals surface area contributed by atoms with Gasteiger partial charge in [-0.3, -0.25) is 4.79 Å². The summed E-state index contributed by atoms with van der Waals surface area (Å²) in [5, 5.41) is 6.56. The standard InChI is InChI=1S/C36H45N3O6/c1-6-7-8-9-10-23-44-30-21-17-28(18-22-30)34(41)45-39-32(37)26-13-11-25(12-14-26)24-31(35(42)43-5)38-33(40)27-15-19-29(20-16-27)36(2,3)4/h11-22,31H,6-10,23-24H2,1-5H3,(H2,37,39)(H,38,40). The molecule has 3 N–H and O–H groups in total. The molecule has 0 spiro atoms. The number of nitrogens with one attached hydrogen (secondary N) is 1. The van der Waals surface area contributed by atoms with Gasteiger partial charge in [-0.15, -0.1) is 0 Å². The van der Waals surface area contributed by atoms with E-state index in [2.05, 4.69) is 38.2 Å². The first-order chi connectivity index (χ1) is 21.5. The number of hydrogen-bond acceptors (Lipinski definition) is 7. The minimum atomic E-state index is -0.898. The Morgan fingerprint density at radius 3 is 2.02 bits per heavy atom. The van der Waals surface area contributed by atoms with E-state index in [9.17, 15) is 14.4 Å². The summed E-state index contributed by atoms with van der Waals surface area (Å²) in [6, 6.07) is 20.0. The van der Waals surface area contributed by atoms with Crippen LogP contribution in [-0.4, -0.2) is 43.4 Å². The molecule has 45 heavy (non-hydrogen) atoms. The van der Waals surface area contributed by atoms with Crippen LogP contribution >= 0.6 is 0 Å². The number of amidine groups is 1. The predicted octanol–water partition coefficient (Wildman–Crippen LogP) is 6.32. The van der Waals surface area contributed by atoms with E-state index in [0.717, 1.165) is 24.0 Å². The minimum absolute atomic E-state index is 0.00875. The highest BCUT2D eigenvalue weighted by Gasteiger charge is 2.23. The smallest absolute Gasteiger partial charge is 0.365 e. The SMILES string of the molecule is CCCCCCCOc1ccc(C(=O)ON=C(N)c2ccc(CC(NC(=O)c3ccc(C(C)(C)C)cc3)C(=O)OC)cc2)cc1. The molecule has 0 bridgehead atoms. The summed E-state index contributed by atoms with van der Waals surface area (Å²) < 4.78 is 10.7. The average molecular weight is 616 g/mol. The molecule has 0 aliphatic rings. The lowest BCUT2D eigenvalue weighted by Gasteiger charge is -2.20. The van der Waals surface area contributed by atoms with Crippen molar-refractivity contribution in [3.8, 4) is 5.75 Å². The van der Waals surface area contributed by atoms with Crippen LogP contribution in [0.2, 0.25) is 0 Å². The van der Waals surface area contributed by atoms with Crippen LogP contribution in [0, 0.1) is 0 Å². The Hall–Kier alpha value is -4.66. The Kier molecular flexibility index (Phi) is 13.1. The number of amides is 1. The van der Waals surface area contributed by atoms with Crippen LogP contribution in [0.1, 0.15) is 97.2 Å². The Morgan fingerprint density at radius 2 is 1.42 bits per heavy atom. The van der Waals surface area contributed by atoms with Gasteiger partial charge >= 0.3 is 11.9 Å². The van der Waals surface area contributed by atoms with Crippen molar-refractivity contribution in [3.63, 3.8) is 0 Å². The van der Waals surface area contributed by atoms with Gasteiger partial charge in [-0.2, -0.15) is 0 Å². The molecular formula is C36H45N3O6. The first-order valence-corrected chi connectivity index (χ1v) is 15.4. The monoisotopic (exact) mass is 615 g/mol. The van der Waals surface area contributed by atoms with Crippen molar-refractivity contribution in [1.82, 2.24) is 5.32 Å². The van der Waals surface area contributed by atoms with E-state index in [1.807, 2.05) is 12.1 Å². The number of carbonyl (C=O) groups is 3. The molecule has 0 radical (unpaired) electrons. The first kappa shape index (κ1) is 34.8. The largest absolute Gasteiger partial charge is 0.494 e. The molecule has 3 aromatic carbocycles. The molecule has 9 heteroatoms. The van der Waals surface area contributed by atoms with E-state index in [0.29, 0.717) is 29.0 Å². The average Bonchev–Trinajstić information content (AvgIpc) is 3.04. The zero-order valence-electron chi connectivity index (χ0n) is 26.9. The van der Waals surface area contributed by atoms with Gasteiger partial charge in [0.2, 0.25) is 0 Å². The molecule has 0 heterocycles. The summed E-state index contributed by atoms with van der Waals surface area (Å²) in [4.78, 5) is 42.9. The summed E-state index contributed by atoms with van der Waals surface area (Å²) >= 11 is 0. The van der Waals surface area contributed by atoms with Crippen molar-refractivity contribution in [1.29, 1.82) is 0 Å². The van der Waals surface area contributed by atoms with Crippen LogP contribution in [-0.2, 0) is 26.2 Å². The van der Waals surface area contributed by atoms with E-state index in [4.69, 9.17) is 20.0 Å². The third-order valence-electron chi connectivity index (χ3n) is 7.33. The van der Waals surface area contributed by atoms with Gasteiger partial charge in [0.1, 0.15) is 11.8 Å². The van der Waals surface area contributed by atoms with Crippen molar-refractivity contribution in [2.45, 2.75) is 77.7 Å². The number of rotatable bonds is 15. The van der Waals surface area contributed by atoms with Gasteiger partial charge in [0.15, 0.2) is 5.84 Å². The van der Waals surface area contributed by atoms with Gasteiger partial charge in [-0.05, 0) is 59.4 Å². The van der Waals surface area contributed by atoms with Crippen LogP contribution in [0.25, 0.3) is 0 Å². The van der Waals surface area contributed by atoms with Crippen molar-refractivity contribution in [3.05, 3.63) is 101 Å². The van der Waals surface area contributed by atoms with Crippen LogP contribution in [0.3, 0.4) is 0 Å². The van der Waals surface area contributed by atoms with Crippen molar-refractivity contribution in [2.24, 2.45) is 10.9 Å². The molecule has 0 saturated heterocycles. The number of carbonyl (C=O) groups excluding carboxylic acids is 3. The lowest BCUT2D eigenvalue weighted by atomic mass is 9.86. The first-order valence-electron chi connectivity index (χ1n) is 15.4. The third-order valence-corrected chi connectivity index (χ3v) is 7.33. The molecule has 3 rings (SSSR count). The topological polar surface area (TPSA) is 129 Å². The van der Waals surface area contributed by atoms with E-state index in [1.54, 1.807) is 60.7 Å². The van der Waals surface area contributed by atoms with Gasteiger partial charge in [-0.1, -0.05) is 94.9 Å². The quantitative estimate of drug-likeness (QED) is 0.0511. The molecular weight excluding hydrogens is 570 g/mol. The zero-order chi connectivity index (χ0) is 32.8. The van der Waals surface area contributed by atoms with Crippen molar-refractivity contribution >= 4 is 23.7 Å². The predicted molar refractivity (Wildman–Crippen MR) is 175 cm³/mol. The fourth-order valence-corrected chi connectivity index (χ4v) is 4.52. The zero-order valence-corrected chi connectivity index (χ0v) is 26.9. The Balaban J connectivity index is 1.54. The number of benzene rings is 3. The molecule has 9 nitrogen and oxygen atoms in total. The second-order valence-corrected chi connectivity index (χ2v) is 11.9. The fraction of sp³-hybridized carbons (Fsp3) is 0.389. The molecule has 1 unspecified atom stereocenters. The molecule has 0 fully saturated rings. The molecule has 0 saturated carbocycles. The summed E-state index contributed by atoms with van der Waals surface area (Å²) in [6.07, 6.45) is 5.98. The highest BCUT2D eigenvalue weighted by molar-refractivity contribution is 5.98. The lowest BCUT2D eigenvalue weighted by molar-refractivity contribution is -0.142. The number of nitrogens with two attached hydrogens (primary N) is 1. The second kappa shape index (κ2) is 17.0. The fourth-order valence-electron chi connectivity index (χ4n) is 4.52. The number of hydrogen-bond donors (Lipinski definition) is 2. The van der Waals surface area contributed by atoms with Crippen LogP contribution in [0.4, 0.5) is 0 Å². The third kappa shape index (κ3) is 11.1. The van der Waals surface area contributed by atoms with Gasteiger partial charge < -0.3 is 25.4 Å². The van der Waals surface area contributed by atoms with Gasteiger partial charge in [0, 0.05) is 17.5 Å². The van der Waals surface area contributed by atoms with Gasteiger partial charge in [0.25, 0.3) is 5.91 Å². The molecule has 0 aliphatic carbocycles. The molecule has 1 amide bonds. The summed E-state index contributed by atoms with van der Waals surface area (Å²) in [5.41, 5.74) is 9.15. The molecule has 0 aromatic heterocycles. The maximum atomic E-state index is 12.9. The summed E-state index contributed by atoms with van der Waals surface area (Å²) in [6.45, 7) is 9.11. The van der Waals surface area contributed by atoms with Crippen LogP contribution in [0.5, 0.6) is 5.75 Å². The van der Waals surface area contributed by atoms with Gasteiger partial charge in [0.05, 0.1) is 19.3 Å². The summed E-state index contributed by atoms with van der Waals surface area (Å²) in [7, 11) is 1.28. The van der Waals surface area contributed by atoms with E-state index in [-0.39, 0.29) is 23.6 Å². The number of esters is 1. The normalized spacial score (nSPS) is 12.2. The van der Waals surface area contributed by atoms with Crippen LogP contribution in [0.15, 0.2) is 78.0 Å².